The van der Waals surface area contributed by atoms with Gasteiger partial charge in [0.2, 0.25) is 5.91 Å². The first-order valence-electron chi connectivity index (χ1n) is 8.20. The summed E-state index contributed by atoms with van der Waals surface area (Å²) in [7, 11) is 0. The van der Waals surface area contributed by atoms with E-state index in [1.54, 1.807) is 11.8 Å². The Morgan fingerprint density at radius 1 is 1.33 bits per heavy atom. The smallest absolute Gasteiger partial charge is 0.257 e. The normalized spacial score (nSPS) is 25.7. The number of aliphatic imine (C=N–C) groups is 1. The van der Waals surface area contributed by atoms with Crippen molar-refractivity contribution in [1.29, 1.82) is 0 Å². The maximum absolute atomic E-state index is 12.9. The number of rotatable bonds is 5. The summed E-state index contributed by atoms with van der Waals surface area (Å²) in [5.41, 5.74) is -0.692. The molecule has 0 radical (unpaired) electrons. The van der Waals surface area contributed by atoms with Crippen molar-refractivity contribution in [2.45, 2.75) is 64.8 Å². The lowest BCUT2D eigenvalue weighted by Crippen LogP contribution is -2.54. The van der Waals surface area contributed by atoms with Crippen molar-refractivity contribution in [2.75, 3.05) is 19.6 Å². The van der Waals surface area contributed by atoms with Crippen LogP contribution in [0.3, 0.4) is 0 Å². The predicted octanol–water partition coefficient (Wildman–Crippen LogP) is 2.21. The summed E-state index contributed by atoms with van der Waals surface area (Å²) >= 11 is 0. The highest BCUT2D eigenvalue weighted by Gasteiger charge is 2.50. The molecule has 2 aliphatic heterocycles. The van der Waals surface area contributed by atoms with Crippen LogP contribution in [0.25, 0.3) is 0 Å². The molecular formula is C16H27N3O2. The zero-order valence-corrected chi connectivity index (χ0v) is 13.5. The number of amidine groups is 1. The molecule has 0 aromatic rings. The fourth-order valence-electron chi connectivity index (χ4n) is 3.27. The molecule has 5 heteroatoms. The van der Waals surface area contributed by atoms with Crippen molar-refractivity contribution in [3.8, 4) is 0 Å². The minimum atomic E-state index is -0.692. The highest BCUT2D eigenvalue weighted by Crippen LogP contribution is 2.33. The number of amides is 2. The molecule has 0 aromatic heterocycles. The average molecular weight is 293 g/mol. The number of hydrogen-bond donors (Lipinski definition) is 0. The largest absolute Gasteiger partial charge is 0.340 e. The third-order valence-corrected chi connectivity index (χ3v) is 4.42. The third-order valence-electron chi connectivity index (χ3n) is 4.42. The number of unbranched alkanes of at least 4 members (excludes halogenated alkanes) is 1. The van der Waals surface area contributed by atoms with Crippen molar-refractivity contribution in [2.24, 2.45) is 4.99 Å². The first-order valence-corrected chi connectivity index (χ1v) is 8.20. The first-order chi connectivity index (χ1) is 10.0. The van der Waals surface area contributed by atoms with E-state index in [1.165, 1.54) is 0 Å². The van der Waals surface area contributed by atoms with Crippen LogP contribution in [0.2, 0.25) is 0 Å². The molecule has 1 saturated heterocycles. The zero-order chi connectivity index (χ0) is 15.5. The molecule has 0 aromatic carbocycles. The van der Waals surface area contributed by atoms with Crippen LogP contribution in [0.15, 0.2) is 4.99 Å². The van der Waals surface area contributed by atoms with Crippen LogP contribution in [0.1, 0.15) is 59.3 Å². The quantitative estimate of drug-likeness (QED) is 0.780. The molecule has 0 bridgehead atoms. The fourth-order valence-corrected chi connectivity index (χ4v) is 3.27. The van der Waals surface area contributed by atoms with E-state index in [9.17, 15) is 9.59 Å². The Hall–Kier alpha value is -1.39. The topological polar surface area (TPSA) is 53.0 Å². The van der Waals surface area contributed by atoms with Crippen LogP contribution >= 0.6 is 0 Å². The van der Waals surface area contributed by atoms with Crippen LogP contribution in [-0.2, 0) is 9.59 Å². The van der Waals surface area contributed by atoms with E-state index in [4.69, 9.17) is 4.99 Å². The molecular weight excluding hydrogens is 266 g/mol. The summed E-state index contributed by atoms with van der Waals surface area (Å²) in [4.78, 5) is 33.0. The van der Waals surface area contributed by atoms with E-state index in [0.29, 0.717) is 6.54 Å². The molecule has 0 N–H and O–H groups in total. The Balaban J connectivity index is 2.23. The van der Waals surface area contributed by atoms with Gasteiger partial charge in [0.15, 0.2) is 5.54 Å². The van der Waals surface area contributed by atoms with Crippen LogP contribution in [0.5, 0.6) is 0 Å². The summed E-state index contributed by atoms with van der Waals surface area (Å²) in [5, 5.41) is 0. The molecule has 0 aliphatic carbocycles. The average Bonchev–Trinajstić information content (AvgIpc) is 2.71. The van der Waals surface area contributed by atoms with Crippen LogP contribution < -0.4 is 0 Å². The van der Waals surface area contributed by atoms with Crippen molar-refractivity contribution in [1.82, 2.24) is 9.80 Å². The SMILES string of the molecule is CCCCC1=NC2(CCCN(C(C)=O)C2)C(=O)N1CCC. The number of hydrogen-bond acceptors (Lipinski definition) is 3. The van der Waals surface area contributed by atoms with E-state index in [1.807, 2.05) is 4.90 Å². The molecule has 1 spiro atoms. The maximum atomic E-state index is 12.9. The second kappa shape index (κ2) is 6.58. The van der Waals surface area contributed by atoms with Gasteiger partial charge in [-0.25, -0.2) is 0 Å². The highest BCUT2D eigenvalue weighted by molar-refractivity contribution is 6.08. The van der Waals surface area contributed by atoms with Crippen molar-refractivity contribution in [3.05, 3.63) is 0 Å². The van der Waals surface area contributed by atoms with Gasteiger partial charge in [-0.15, -0.1) is 0 Å². The molecule has 2 amide bonds. The lowest BCUT2D eigenvalue weighted by Gasteiger charge is -2.36. The third kappa shape index (κ3) is 3.11. The molecule has 1 fully saturated rings. The summed E-state index contributed by atoms with van der Waals surface area (Å²) in [5.74, 6) is 1.09. The van der Waals surface area contributed by atoms with Gasteiger partial charge < -0.3 is 4.90 Å². The Kier molecular flexibility index (Phi) is 5.01. The van der Waals surface area contributed by atoms with Gasteiger partial charge in [0, 0.05) is 26.4 Å². The van der Waals surface area contributed by atoms with E-state index < -0.39 is 5.54 Å². The zero-order valence-electron chi connectivity index (χ0n) is 13.5. The summed E-state index contributed by atoms with van der Waals surface area (Å²) in [6.45, 7) is 7.75. The lowest BCUT2D eigenvalue weighted by atomic mass is 9.89. The number of carbonyl (C=O) groups is 2. The van der Waals surface area contributed by atoms with Gasteiger partial charge in [-0.2, -0.15) is 0 Å². The van der Waals surface area contributed by atoms with Gasteiger partial charge in [0.25, 0.3) is 5.91 Å². The Morgan fingerprint density at radius 3 is 2.71 bits per heavy atom. The Bertz CT molecular complexity index is 447. The maximum Gasteiger partial charge on any atom is 0.257 e. The van der Waals surface area contributed by atoms with Gasteiger partial charge in [-0.05, 0) is 25.7 Å². The van der Waals surface area contributed by atoms with E-state index >= 15 is 0 Å². The van der Waals surface area contributed by atoms with E-state index in [0.717, 1.165) is 57.5 Å². The fraction of sp³-hybridized carbons (Fsp3) is 0.812. The molecule has 5 nitrogen and oxygen atoms in total. The monoisotopic (exact) mass is 293 g/mol. The minimum Gasteiger partial charge on any atom is -0.340 e. The lowest BCUT2D eigenvalue weighted by molar-refractivity contribution is -0.137. The van der Waals surface area contributed by atoms with Gasteiger partial charge >= 0.3 is 0 Å². The van der Waals surface area contributed by atoms with Crippen molar-refractivity contribution < 1.29 is 9.59 Å². The van der Waals surface area contributed by atoms with Crippen LogP contribution in [0, 0.1) is 0 Å². The second-order valence-electron chi connectivity index (χ2n) is 6.16. The molecule has 0 saturated carbocycles. The molecule has 2 rings (SSSR count). The second-order valence-corrected chi connectivity index (χ2v) is 6.16. The molecule has 2 aliphatic rings. The Labute approximate surface area is 127 Å². The van der Waals surface area contributed by atoms with Gasteiger partial charge in [0.1, 0.15) is 5.84 Å². The van der Waals surface area contributed by atoms with Crippen molar-refractivity contribution in [3.63, 3.8) is 0 Å². The van der Waals surface area contributed by atoms with Gasteiger partial charge in [-0.3, -0.25) is 19.5 Å². The number of likely N-dealkylation sites (tertiary alicyclic amines) is 1. The molecule has 118 valence electrons. The number of carbonyl (C=O) groups excluding carboxylic acids is 2. The predicted molar refractivity (Wildman–Crippen MR) is 83.2 cm³/mol. The van der Waals surface area contributed by atoms with Crippen LogP contribution in [0.4, 0.5) is 0 Å². The Morgan fingerprint density at radius 2 is 2.10 bits per heavy atom. The molecule has 2 heterocycles. The summed E-state index contributed by atoms with van der Waals surface area (Å²) in [6, 6.07) is 0. The van der Waals surface area contributed by atoms with E-state index in [-0.39, 0.29) is 11.8 Å². The van der Waals surface area contributed by atoms with Crippen LogP contribution in [-0.4, -0.2) is 52.6 Å². The van der Waals surface area contributed by atoms with Gasteiger partial charge in [0.05, 0.1) is 6.54 Å². The van der Waals surface area contributed by atoms with Crippen molar-refractivity contribution >= 4 is 17.6 Å². The standard InChI is InChI=1S/C16H27N3O2/c1-4-6-8-14-17-16(15(21)19(14)10-5-2)9-7-11-18(12-16)13(3)20/h4-12H2,1-3H3. The number of nitrogens with zero attached hydrogens (tertiary/aromatic N) is 3. The number of piperidine rings is 1. The van der Waals surface area contributed by atoms with E-state index in [2.05, 4.69) is 13.8 Å². The summed E-state index contributed by atoms with van der Waals surface area (Å²) in [6.07, 6.45) is 5.58. The highest BCUT2D eigenvalue weighted by atomic mass is 16.2. The molecule has 1 atom stereocenters. The minimum absolute atomic E-state index is 0.0427. The molecule has 1 unspecified atom stereocenters. The summed E-state index contributed by atoms with van der Waals surface area (Å²) < 4.78 is 0. The van der Waals surface area contributed by atoms with Gasteiger partial charge in [-0.1, -0.05) is 20.3 Å². The molecule has 21 heavy (non-hydrogen) atoms. The first kappa shape index (κ1) is 16.0.